The van der Waals surface area contributed by atoms with Crippen molar-refractivity contribution in [2.45, 2.75) is 29.1 Å². The molecule has 2 rings (SSSR count). The molecule has 0 fully saturated rings. The van der Waals surface area contributed by atoms with E-state index in [0.717, 1.165) is 9.58 Å². The van der Waals surface area contributed by atoms with E-state index in [1.807, 2.05) is 0 Å². The number of benzene rings is 1. The maximum Gasteiger partial charge on any atom is 0.418 e. The number of alkyl halides is 6. The van der Waals surface area contributed by atoms with E-state index in [0.29, 0.717) is 12.1 Å². The molecule has 1 amide bonds. The zero-order valence-corrected chi connectivity index (χ0v) is 20.1. The molecule has 1 aromatic carbocycles. The normalized spacial score (nSPS) is 12.2. The van der Waals surface area contributed by atoms with Crippen molar-refractivity contribution in [3.63, 3.8) is 0 Å². The number of amides is 1. The summed E-state index contributed by atoms with van der Waals surface area (Å²) in [6, 6.07) is 1.22. The van der Waals surface area contributed by atoms with E-state index in [4.69, 9.17) is 55.9 Å². The molecule has 0 radical (unpaired) electrons. The zero-order valence-electron chi connectivity index (χ0n) is 16.2. The van der Waals surface area contributed by atoms with Crippen molar-refractivity contribution in [3.8, 4) is 5.69 Å². The highest BCUT2D eigenvalue weighted by molar-refractivity contribution is 8.02. The monoisotopic (exact) mass is 558 g/mol. The van der Waals surface area contributed by atoms with Gasteiger partial charge in [-0.1, -0.05) is 46.4 Å². The summed E-state index contributed by atoms with van der Waals surface area (Å²) in [5.74, 6) is -0.347. The predicted molar refractivity (Wildman–Crippen MR) is 114 cm³/mol. The Bertz CT molecular complexity index is 949. The number of aromatic nitrogens is 3. The number of hydrogen-bond donors (Lipinski definition) is 0. The molecule has 0 bridgehead atoms. The molecular weight excluding hydrogens is 546 g/mol. The van der Waals surface area contributed by atoms with Crippen LogP contribution >= 0.6 is 58.2 Å². The molecule has 2 aromatic rings. The number of ether oxygens (including phenoxy) is 2. The molecule has 0 atom stereocenters. The fourth-order valence-corrected chi connectivity index (χ4v) is 3.78. The number of carbonyl (C=O) groups is 1. The van der Waals surface area contributed by atoms with Gasteiger partial charge < -0.3 is 9.47 Å². The lowest BCUT2D eigenvalue weighted by Gasteiger charge is -2.21. The lowest BCUT2D eigenvalue weighted by molar-refractivity contribution is -0.137. The second kappa shape index (κ2) is 10.8. The molecule has 178 valence electrons. The van der Waals surface area contributed by atoms with E-state index in [-0.39, 0.29) is 41.8 Å². The molecular formula is C16H14Cl4F4N4O3S. The van der Waals surface area contributed by atoms with Crippen molar-refractivity contribution >= 4 is 70.2 Å². The number of rotatable bonds is 8. The van der Waals surface area contributed by atoms with E-state index in [1.54, 1.807) is 13.8 Å². The van der Waals surface area contributed by atoms with Gasteiger partial charge >= 0.3 is 16.2 Å². The maximum atomic E-state index is 13.7. The van der Waals surface area contributed by atoms with Crippen LogP contribution in [-0.4, -0.2) is 44.7 Å². The summed E-state index contributed by atoms with van der Waals surface area (Å²) in [7, 11) is 0. The Morgan fingerprint density at radius 1 is 1.16 bits per heavy atom. The quantitative estimate of drug-likeness (QED) is 0.155. The molecule has 0 saturated carbocycles. The van der Waals surface area contributed by atoms with Gasteiger partial charge in [0.05, 0.1) is 22.2 Å². The highest BCUT2D eigenvalue weighted by Gasteiger charge is 2.35. The predicted octanol–water partition coefficient (Wildman–Crippen LogP) is 6.70. The zero-order chi connectivity index (χ0) is 24.3. The molecule has 0 spiro atoms. The minimum atomic E-state index is -4.73. The molecule has 0 aliphatic heterocycles. The highest BCUT2D eigenvalue weighted by atomic mass is 35.5. The molecule has 7 nitrogen and oxygen atoms in total. The van der Waals surface area contributed by atoms with Crippen molar-refractivity contribution in [1.82, 2.24) is 14.8 Å². The Labute approximate surface area is 203 Å². The minimum absolute atomic E-state index is 0.0179. The van der Waals surface area contributed by atoms with Gasteiger partial charge in [0.25, 0.3) is 0 Å². The number of nitrogens with zero attached hydrogens (tertiary/aromatic N) is 4. The maximum absolute atomic E-state index is 13.7. The molecule has 16 heteroatoms. The van der Waals surface area contributed by atoms with Crippen LogP contribution in [0.25, 0.3) is 5.69 Å². The third-order valence-corrected chi connectivity index (χ3v) is 5.11. The van der Waals surface area contributed by atoms with Crippen LogP contribution in [0.2, 0.25) is 10.0 Å². The highest BCUT2D eigenvalue weighted by Crippen LogP contribution is 2.42. The average Bonchev–Trinajstić information content (AvgIpc) is 3.02. The summed E-state index contributed by atoms with van der Waals surface area (Å²) >= 11 is 23.0. The van der Waals surface area contributed by atoms with E-state index >= 15 is 0 Å². The number of thioether (sulfide) groups is 1. The largest absolute Gasteiger partial charge is 0.449 e. The van der Waals surface area contributed by atoms with Gasteiger partial charge in [0, 0.05) is 6.61 Å². The van der Waals surface area contributed by atoms with E-state index in [1.165, 1.54) is 0 Å². The first-order valence-corrected chi connectivity index (χ1v) is 10.9. The first kappa shape index (κ1) is 27.1. The SMILES string of the molecule is CCOCN(C(=O)OCC)c1nc(SC(F)(Cl)Cl)nn1-c1c(Cl)cc(C(F)(F)F)cc1Cl. The van der Waals surface area contributed by atoms with Crippen molar-refractivity contribution in [2.24, 2.45) is 0 Å². The third-order valence-electron chi connectivity index (χ3n) is 3.49. The van der Waals surface area contributed by atoms with Crippen LogP contribution < -0.4 is 4.90 Å². The summed E-state index contributed by atoms with van der Waals surface area (Å²) in [5.41, 5.74) is -1.39. The summed E-state index contributed by atoms with van der Waals surface area (Å²) < 4.78 is 61.2. The van der Waals surface area contributed by atoms with Crippen LogP contribution in [0.3, 0.4) is 0 Å². The fourth-order valence-electron chi connectivity index (χ4n) is 2.26. The molecule has 32 heavy (non-hydrogen) atoms. The van der Waals surface area contributed by atoms with Gasteiger partial charge in [-0.15, -0.1) is 5.10 Å². The fraction of sp³-hybridized carbons (Fsp3) is 0.438. The topological polar surface area (TPSA) is 69.5 Å². The van der Waals surface area contributed by atoms with Gasteiger partial charge in [0.1, 0.15) is 12.4 Å². The minimum Gasteiger partial charge on any atom is -0.449 e. The molecule has 0 aliphatic rings. The second-order valence-corrected chi connectivity index (χ2v) is 9.32. The summed E-state index contributed by atoms with van der Waals surface area (Å²) in [5, 5.41) is 2.62. The first-order valence-electron chi connectivity index (χ1n) is 8.59. The van der Waals surface area contributed by atoms with Crippen molar-refractivity contribution in [1.29, 1.82) is 0 Å². The summed E-state index contributed by atoms with van der Waals surface area (Å²) in [4.78, 5) is 17.3. The van der Waals surface area contributed by atoms with Crippen LogP contribution in [0.5, 0.6) is 0 Å². The van der Waals surface area contributed by atoms with E-state index < -0.39 is 38.5 Å². The first-order chi connectivity index (χ1) is 14.8. The lowest BCUT2D eigenvalue weighted by atomic mass is 10.2. The lowest BCUT2D eigenvalue weighted by Crippen LogP contribution is -2.36. The van der Waals surface area contributed by atoms with Crippen LogP contribution in [0.15, 0.2) is 17.3 Å². The van der Waals surface area contributed by atoms with Gasteiger partial charge in [0.2, 0.25) is 11.1 Å². The molecule has 1 heterocycles. The number of halogens is 8. The molecule has 0 N–H and O–H groups in total. The average molecular weight is 560 g/mol. The Morgan fingerprint density at radius 3 is 2.22 bits per heavy atom. The number of hydrogen-bond acceptors (Lipinski definition) is 6. The molecule has 1 aromatic heterocycles. The van der Waals surface area contributed by atoms with Crippen LogP contribution in [-0.2, 0) is 15.7 Å². The van der Waals surface area contributed by atoms with Gasteiger partial charge in [0.15, 0.2) is 0 Å². The Kier molecular flexibility index (Phi) is 9.16. The van der Waals surface area contributed by atoms with Gasteiger partial charge in [-0.2, -0.15) is 27.2 Å². The second-order valence-electron chi connectivity index (χ2n) is 5.69. The van der Waals surface area contributed by atoms with Gasteiger partial charge in [-0.3, -0.25) is 0 Å². The standard InChI is InChI=1S/C16H14Cl4F4N4O3S/c1-3-30-7-27(14(29)31-4-2)13-25-12(32-16(19,20)24)26-28(13)11-9(17)5-8(6-10(11)18)15(21,22)23/h5-6H,3-4,7H2,1-2H3. The Hall–Kier alpha value is -1.18. The molecule has 0 unspecified atom stereocenters. The van der Waals surface area contributed by atoms with Crippen LogP contribution in [0.1, 0.15) is 19.4 Å². The molecule has 0 aliphatic carbocycles. The van der Waals surface area contributed by atoms with Crippen molar-refractivity contribution in [2.75, 3.05) is 24.8 Å². The van der Waals surface area contributed by atoms with Gasteiger partial charge in [-0.05, 0) is 37.7 Å². The Morgan fingerprint density at radius 2 is 1.75 bits per heavy atom. The van der Waals surface area contributed by atoms with Crippen LogP contribution in [0.4, 0.5) is 28.3 Å². The molecule has 0 saturated heterocycles. The smallest absolute Gasteiger partial charge is 0.418 e. The van der Waals surface area contributed by atoms with E-state index in [2.05, 4.69) is 10.1 Å². The summed E-state index contributed by atoms with van der Waals surface area (Å²) in [6.07, 6.45) is -5.66. The van der Waals surface area contributed by atoms with Crippen LogP contribution in [0, 0.1) is 0 Å². The number of carbonyl (C=O) groups excluding carboxylic acids is 1. The van der Waals surface area contributed by atoms with Crippen molar-refractivity contribution in [3.05, 3.63) is 27.7 Å². The summed E-state index contributed by atoms with van der Waals surface area (Å²) in [6.45, 7) is 2.97. The third kappa shape index (κ3) is 6.91. The van der Waals surface area contributed by atoms with Gasteiger partial charge in [-0.25, -0.2) is 9.69 Å². The van der Waals surface area contributed by atoms with E-state index in [9.17, 15) is 22.4 Å². The number of anilines is 1. The Balaban J connectivity index is 2.71. The van der Waals surface area contributed by atoms with Crippen molar-refractivity contribution < 1.29 is 31.8 Å².